The molecular weight excluding hydrogens is 280 g/mol. The van der Waals surface area contributed by atoms with Crippen molar-refractivity contribution in [2.45, 2.75) is 44.6 Å². The van der Waals surface area contributed by atoms with Gasteiger partial charge in [0.1, 0.15) is 0 Å². The summed E-state index contributed by atoms with van der Waals surface area (Å²) in [4.78, 5) is 0. The molecule has 120 valence electrons. The summed E-state index contributed by atoms with van der Waals surface area (Å²) in [5.41, 5.74) is 7.08. The molecule has 1 saturated heterocycles. The summed E-state index contributed by atoms with van der Waals surface area (Å²) < 4.78 is 0. The zero-order valence-electron chi connectivity index (χ0n) is 14.1. The van der Waals surface area contributed by atoms with E-state index in [1.54, 1.807) is 5.56 Å². The summed E-state index contributed by atoms with van der Waals surface area (Å²) in [6, 6.07) is 16.5. The molecule has 0 saturated carbocycles. The van der Waals surface area contributed by atoms with Crippen LogP contribution in [0.1, 0.15) is 49.7 Å². The van der Waals surface area contributed by atoms with Crippen LogP contribution in [0.25, 0.3) is 11.1 Å². The Bertz CT molecular complexity index is 687. The Balaban J connectivity index is 1.75. The molecule has 2 aromatic rings. The fourth-order valence-electron chi connectivity index (χ4n) is 4.15. The highest BCUT2D eigenvalue weighted by molar-refractivity contribution is 5.77. The van der Waals surface area contributed by atoms with Gasteiger partial charge in [-0.25, -0.2) is 0 Å². The molecule has 4 rings (SSSR count). The number of nitrogens with one attached hydrogen (secondary N) is 2. The minimum atomic E-state index is 0.588. The van der Waals surface area contributed by atoms with Crippen LogP contribution in [0.2, 0.25) is 0 Å². The van der Waals surface area contributed by atoms with Crippen molar-refractivity contribution >= 4 is 5.69 Å². The number of anilines is 1. The molecule has 2 nitrogen and oxygen atoms in total. The van der Waals surface area contributed by atoms with Crippen LogP contribution in [-0.4, -0.2) is 19.1 Å². The Morgan fingerprint density at radius 1 is 0.957 bits per heavy atom. The van der Waals surface area contributed by atoms with Crippen molar-refractivity contribution in [2.24, 2.45) is 0 Å². The van der Waals surface area contributed by atoms with Crippen LogP contribution in [0.3, 0.4) is 0 Å². The molecule has 23 heavy (non-hydrogen) atoms. The lowest BCUT2D eigenvalue weighted by molar-refractivity contribution is 0.579. The number of hydrogen-bond acceptors (Lipinski definition) is 2. The summed E-state index contributed by atoms with van der Waals surface area (Å²) >= 11 is 0. The highest BCUT2D eigenvalue weighted by atomic mass is 15.0. The van der Waals surface area contributed by atoms with Gasteiger partial charge in [0.15, 0.2) is 0 Å². The van der Waals surface area contributed by atoms with Gasteiger partial charge in [-0.1, -0.05) is 50.2 Å². The second-order valence-electron chi connectivity index (χ2n) is 7.23. The SMILES string of the molecule is CC(C)c1ccc(-c2cccc3c2C2CCNCCC2N3)cc1. The van der Waals surface area contributed by atoms with E-state index in [0.29, 0.717) is 17.9 Å². The van der Waals surface area contributed by atoms with Gasteiger partial charge in [-0.05, 0) is 60.2 Å². The molecule has 0 radical (unpaired) electrons. The fourth-order valence-corrected chi connectivity index (χ4v) is 4.15. The average molecular weight is 306 g/mol. The summed E-state index contributed by atoms with van der Waals surface area (Å²) in [6.45, 7) is 6.76. The van der Waals surface area contributed by atoms with E-state index in [2.05, 4.69) is 66.9 Å². The Morgan fingerprint density at radius 3 is 2.52 bits per heavy atom. The molecule has 0 bridgehead atoms. The molecule has 2 N–H and O–H groups in total. The van der Waals surface area contributed by atoms with E-state index in [1.807, 2.05) is 0 Å². The van der Waals surface area contributed by atoms with Gasteiger partial charge in [-0.3, -0.25) is 0 Å². The molecule has 2 atom stereocenters. The van der Waals surface area contributed by atoms with Crippen molar-refractivity contribution in [1.82, 2.24) is 5.32 Å². The summed E-state index contributed by atoms with van der Waals surface area (Å²) in [5.74, 6) is 1.23. The smallest absolute Gasteiger partial charge is 0.0384 e. The van der Waals surface area contributed by atoms with E-state index < -0.39 is 0 Å². The molecule has 0 spiro atoms. The third-order valence-corrected chi connectivity index (χ3v) is 5.46. The number of benzene rings is 2. The predicted molar refractivity (Wildman–Crippen MR) is 98.2 cm³/mol. The van der Waals surface area contributed by atoms with E-state index in [9.17, 15) is 0 Å². The lowest BCUT2D eigenvalue weighted by Crippen LogP contribution is -2.21. The third-order valence-electron chi connectivity index (χ3n) is 5.46. The van der Waals surface area contributed by atoms with Crippen LogP contribution in [0.15, 0.2) is 42.5 Å². The van der Waals surface area contributed by atoms with Crippen molar-refractivity contribution in [3.63, 3.8) is 0 Å². The highest BCUT2D eigenvalue weighted by Crippen LogP contribution is 2.45. The predicted octanol–water partition coefficient (Wildman–Crippen LogP) is 4.74. The first kappa shape index (κ1) is 14.8. The molecule has 2 aromatic carbocycles. The molecule has 2 aliphatic rings. The molecular formula is C21H26N2. The van der Waals surface area contributed by atoms with Crippen molar-refractivity contribution < 1.29 is 0 Å². The summed E-state index contributed by atoms with van der Waals surface area (Å²) in [7, 11) is 0. The van der Waals surface area contributed by atoms with Crippen molar-refractivity contribution in [3.8, 4) is 11.1 Å². The van der Waals surface area contributed by atoms with E-state index in [4.69, 9.17) is 0 Å². The zero-order valence-corrected chi connectivity index (χ0v) is 14.1. The molecule has 0 amide bonds. The van der Waals surface area contributed by atoms with Crippen LogP contribution in [0, 0.1) is 0 Å². The zero-order chi connectivity index (χ0) is 15.8. The molecule has 2 unspecified atom stereocenters. The van der Waals surface area contributed by atoms with Crippen LogP contribution in [0.4, 0.5) is 5.69 Å². The minimum Gasteiger partial charge on any atom is -0.381 e. The number of hydrogen-bond donors (Lipinski definition) is 2. The van der Waals surface area contributed by atoms with E-state index in [1.165, 1.54) is 35.2 Å². The maximum absolute atomic E-state index is 3.78. The lowest BCUT2D eigenvalue weighted by atomic mass is 9.85. The number of rotatable bonds is 2. The van der Waals surface area contributed by atoms with Gasteiger partial charge >= 0.3 is 0 Å². The normalized spacial score (nSPS) is 23.1. The Labute approximate surface area is 139 Å². The van der Waals surface area contributed by atoms with Gasteiger partial charge in [-0.2, -0.15) is 0 Å². The molecule has 2 aliphatic heterocycles. The second-order valence-corrected chi connectivity index (χ2v) is 7.23. The average Bonchev–Trinajstić information content (AvgIpc) is 2.76. The highest BCUT2D eigenvalue weighted by Gasteiger charge is 2.34. The largest absolute Gasteiger partial charge is 0.381 e. The number of fused-ring (bicyclic) bond motifs is 3. The Hall–Kier alpha value is -1.80. The Kier molecular flexibility index (Phi) is 3.86. The van der Waals surface area contributed by atoms with Crippen LogP contribution in [-0.2, 0) is 0 Å². The lowest BCUT2D eigenvalue weighted by Gasteiger charge is -2.18. The van der Waals surface area contributed by atoms with Gasteiger partial charge in [0.25, 0.3) is 0 Å². The quantitative estimate of drug-likeness (QED) is 0.837. The molecule has 2 heteroatoms. The molecule has 0 aliphatic carbocycles. The van der Waals surface area contributed by atoms with Crippen LogP contribution >= 0.6 is 0 Å². The second kappa shape index (κ2) is 6.01. The van der Waals surface area contributed by atoms with E-state index in [0.717, 1.165) is 13.1 Å². The van der Waals surface area contributed by atoms with Gasteiger partial charge in [-0.15, -0.1) is 0 Å². The standard InChI is InChI=1S/C21H26N2/c1-14(2)15-6-8-16(9-7-15)17-4-3-5-20-21(17)18-10-12-22-13-11-19(18)23-20/h3-9,14,18-19,22-23H,10-13H2,1-2H3. The fraction of sp³-hybridized carbons (Fsp3) is 0.429. The first-order chi connectivity index (χ1) is 11.2. The summed E-state index contributed by atoms with van der Waals surface area (Å²) in [6.07, 6.45) is 2.44. The minimum absolute atomic E-state index is 0.588. The van der Waals surface area contributed by atoms with Gasteiger partial charge in [0.05, 0.1) is 0 Å². The van der Waals surface area contributed by atoms with Crippen LogP contribution < -0.4 is 10.6 Å². The first-order valence-corrected chi connectivity index (χ1v) is 8.94. The molecule has 0 aromatic heterocycles. The summed E-state index contributed by atoms with van der Waals surface area (Å²) in [5, 5.41) is 7.32. The van der Waals surface area contributed by atoms with E-state index >= 15 is 0 Å². The van der Waals surface area contributed by atoms with E-state index in [-0.39, 0.29) is 0 Å². The molecule has 1 fully saturated rings. The van der Waals surface area contributed by atoms with Gasteiger partial charge in [0, 0.05) is 17.6 Å². The van der Waals surface area contributed by atoms with Crippen molar-refractivity contribution in [2.75, 3.05) is 18.4 Å². The first-order valence-electron chi connectivity index (χ1n) is 8.94. The monoisotopic (exact) mass is 306 g/mol. The van der Waals surface area contributed by atoms with Gasteiger partial charge < -0.3 is 10.6 Å². The van der Waals surface area contributed by atoms with Crippen molar-refractivity contribution in [3.05, 3.63) is 53.6 Å². The topological polar surface area (TPSA) is 24.1 Å². The maximum atomic E-state index is 3.78. The van der Waals surface area contributed by atoms with Gasteiger partial charge in [0.2, 0.25) is 0 Å². The third kappa shape index (κ3) is 2.66. The van der Waals surface area contributed by atoms with Crippen molar-refractivity contribution in [1.29, 1.82) is 0 Å². The Morgan fingerprint density at radius 2 is 1.74 bits per heavy atom. The maximum Gasteiger partial charge on any atom is 0.0384 e. The van der Waals surface area contributed by atoms with Crippen LogP contribution in [0.5, 0.6) is 0 Å². The molecule has 2 heterocycles.